The minimum atomic E-state index is -0.159. The number of fused-ring (bicyclic) bond motifs is 1. The molecule has 0 unspecified atom stereocenters. The Morgan fingerprint density at radius 3 is 2.58 bits per heavy atom. The second kappa shape index (κ2) is 7.09. The summed E-state index contributed by atoms with van der Waals surface area (Å²) in [6.45, 7) is 3.31. The predicted octanol–water partition coefficient (Wildman–Crippen LogP) is 3.28. The topological polar surface area (TPSA) is 59.4 Å². The highest BCUT2D eigenvalue weighted by molar-refractivity contribution is 9.10. The van der Waals surface area contributed by atoms with Gasteiger partial charge in [0.15, 0.2) is 5.82 Å². The molecule has 0 spiro atoms. The molecular formula is C19H19BrN4O2. The van der Waals surface area contributed by atoms with Gasteiger partial charge in [0.2, 0.25) is 0 Å². The molecule has 1 aromatic heterocycles. The average Bonchev–Trinajstić information content (AvgIpc) is 2.68. The molecule has 1 N–H and O–H groups in total. The Bertz CT molecular complexity index is 995. The van der Waals surface area contributed by atoms with Crippen LogP contribution < -0.4 is 15.8 Å². The monoisotopic (exact) mass is 414 g/mol. The number of hydrogen-bond acceptors (Lipinski definition) is 5. The Kier molecular flexibility index (Phi) is 4.65. The number of benzene rings is 2. The van der Waals surface area contributed by atoms with Gasteiger partial charge in [-0.05, 0) is 42.5 Å². The smallest absolute Gasteiger partial charge is 0.293 e. The van der Waals surface area contributed by atoms with Gasteiger partial charge in [0.1, 0.15) is 0 Å². The number of morpholine rings is 1. The van der Waals surface area contributed by atoms with Gasteiger partial charge in [-0.1, -0.05) is 15.9 Å². The van der Waals surface area contributed by atoms with Crippen LogP contribution in [0.3, 0.4) is 0 Å². The number of ether oxygens (including phenoxy) is 1. The Morgan fingerprint density at radius 1 is 1.12 bits per heavy atom. The molecule has 134 valence electrons. The van der Waals surface area contributed by atoms with Gasteiger partial charge >= 0.3 is 0 Å². The minimum absolute atomic E-state index is 0.159. The minimum Gasteiger partial charge on any atom is -0.378 e. The molecule has 1 saturated heterocycles. The van der Waals surface area contributed by atoms with Crippen LogP contribution in [0.25, 0.3) is 11.0 Å². The number of anilines is 3. The predicted molar refractivity (Wildman–Crippen MR) is 107 cm³/mol. The van der Waals surface area contributed by atoms with Crippen molar-refractivity contribution < 1.29 is 4.74 Å². The van der Waals surface area contributed by atoms with Gasteiger partial charge in [-0.25, -0.2) is 4.98 Å². The zero-order chi connectivity index (χ0) is 18.1. The normalized spacial score (nSPS) is 14.6. The third kappa shape index (κ3) is 3.32. The van der Waals surface area contributed by atoms with Gasteiger partial charge in [0.05, 0.1) is 24.2 Å². The lowest BCUT2D eigenvalue weighted by atomic mass is 10.2. The highest BCUT2D eigenvalue weighted by atomic mass is 79.9. The second-order valence-electron chi connectivity index (χ2n) is 6.23. The molecule has 2 heterocycles. The Morgan fingerprint density at radius 2 is 1.85 bits per heavy atom. The number of aromatic nitrogens is 2. The molecule has 1 aliphatic rings. The summed E-state index contributed by atoms with van der Waals surface area (Å²) in [7, 11) is 1.76. The molecule has 3 aromatic rings. The Hall–Kier alpha value is -2.38. The Labute approximate surface area is 159 Å². The number of rotatable bonds is 3. The van der Waals surface area contributed by atoms with E-state index >= 15 is 0 Å². The summed E-state index contributed by atoms with van der Waals surface area (Å²) in [5.74, 6) is 0.321. The molecule has 0 radical (unpaired) electrons. The molecule has 1 fully saturated rings. The standard InChI is InChI=1S/C19H19BrN4O2/c1-23-17-12-13(20)2-7-16(17)22-18(19(23)25)21-14-3-5-15(6-4-14)24-8-10-26-11-9-24/h2-7,12H,8-11H2,1H3,(H,21,22). The van der Waals surface area contributed by atoms with E-state index in [4.69, 9.17) is 4.74 Å². The van der Waals surface area contributed by atoms with E-state index in [1.54, 1.807) is 11.6 Å². The van der Waals surface area contributed by atoms with Crippen molar-refractivity contribution >= 4 is 44.2 Å². The third-order valence-corrected chi connectivity index (χ3v) is 5.04. The van der Waals surface area contributed by atoms with Crippen LogP contribution in [-0.4, -0.2) is 35.9 Å². The maximum absolute atomic E-state index is 12.6. The second-order valence-corrected chi connectivity index (χ2v) is 7.14. The van der Waals surface area contributed by atoms with Crippen LogP contribution in [0.4, 0.5) is 17.2 Å². The van der Waals surface area contributed by atoms with E-state index in [0.717, 1.165) is 53.2 Å². The lowest BCUT2D eigenvalue weighted by molar-refractivity contribution is 0.122. The summed E-state index contributed by atoms with van der Waals surface area (Å²) in [4.78, 5) is 19.4. The molecule has 1 aliphatic heterocycles. The molecule has 6 nitrogen and oxygen atoms in total. The van der Waals surface area contributed by atoms with Crippen molar-refractivity contribution in [2.75, 3.05) is 36.5 Å². The molecule has 26 heavy (non-hydrogen) atoms. The van der Waals surface area contributed by atoms with Crippen molar-refractivity contribution in [2.24, 2.45) is 7.05 Å². The molecule has 7 heteroatoms. The highest BCUT2D eigenvalue weighted by Crippen LogP contribution is 2.22. The zero-order valence-electron chi connectivity index (χ0n) is 14.4. The first kappa shape index (κ1) is 17.1. The molecule has 0 aliphatic carbocycles. The summed E-state index contributed by atoms with van der Waals surface area (Å²) >= 11 is 3.43. The van der Waals surface area contributed by atoms with E-state index in [9.17, 15) is 4.79 Å². The number of halogens is 1. The summed E-state index contributed by atoms with van der Waals surface area (Å²) < 4.78 is 7.91. The zero-order valence-corrected chi connectivity index (χ0v) is 16.0. The highest BCUT2D eigenvalue weighted by Gasteiger charge is 2.12. The molecular weight excluding hydrogens is 396 g/mol. The molecule has 0 amide bonds. The quantitative estimate of drug-likeness (QED) is 0.712. The first-order valence-electron chi connectivity index (χ1n) is 8.48. The number of hydrogen-bond donors (Lipinski definition) is 1. The van der Waals surface area contributed by atoms with Gasteiger partial charge < -0.3 is 19.5 Å². The summed E-state index contributed by atoms with van der Waals surface area (Å²) in [6, 6.07) is 13.7. The lowest BCUT2D eigenvalue weighted by Crippen LogP contribution is -2.36. The van der Waals surface area contributed by atoms with Crippen molar-refractivity contribution in [1.82, 2.24) is 9.55 Å². The van der Waals surface area contributed by atoms with Crippen molar-refractivity contribution in [1.29, 1.82) is 0 Å². The number of aryl methyl sites for hydroxylation is 1. The van der Waals surface area contributed by atoms with Crippen LogP contribution >= 0.6 is 15.9 Å². The number of nitrogens with one attached hydrogen (secondary N) is 1. The summed E-state index contributed by atoms with van der Waals surface area (Å²) in [6.07, 6.45) is 0. The van der Waals surface area contributed by atoms with Gasteiger partial charge in [-0.3, -0.25) is 4.79 Å². The summed E-state index contributed by atoms with van der Waals surface area (Å²) in [5.41, 5.74) is 3.39. The van der Waals surface area contributed by atoms with Crippen molar-refractivity contribution in [3.8, 4) is 0 Å². The van der Waals surface area contributed by atoms with E-state index in [1.807, 2.05) is 30.3 Å². The molecule has 0 saturated carbocycles. The van der Waals surface area contributed by atoms with Crippen LogP contribution in [0.5, 0.6) is 0 Å². The fourth-order valence-electron chi connectivity index (χ4n) is 3.09. The first-order valence-corrected chi connectivity index (χ1v) is 9.27. The van der Waals surface area contributed by atoms with E-state index in [-0.39, 0.29) is 5.56 Å². The van der Waals surface area contributed by atoms with Gasteiger partial charge in [-0.15, -0.1) is 0 Å². The van der Waals surface area contributed by atoms with Crippen LogP contribution in [0, 0.1) is 0 Å². The maximum atomic E-state index is 12.6. The third-order valence-electron chi connectivity index (χ3n) is 4.54. The van der Waals surface area contributed by atoms with Crippen LogP contribution in [0.1, 0.15) is 0 Å². The van der Waals surface area contributed by atoms with Gasteiger partial charge in [0, 0.05) is 36.0 Å². The lowest BCUT2D eigenvalue weighted by Gasteiger charge is -2.28. The van der Waals surface area contributed by atoms with Crippen LogP contribution in [0.2, 0.25) is 0 Å². The van der Waals surface area contributed by atoms with Crippen molar-refractivity contribution in [3.05, 3.63) is 57.3 Å². The molecule has 4 rings (SSSR count). The fraction of sp³-hybridized carbons (Fsp3) is 0.263. The van der Waals surface area contributed by atoms with Gasteiger partial charge in [0.25, 0.3) is 5.56 Å². The fourth-order valence-corrected chi connectivity index (χ4v) is 3.44. The maximum Gasteiger partial charge on any atom is 0.293 e. The van der Waals surface area contributed by atoms with Crippen LogP contribution in [0.15, 0.2) is 51.7 Å². The van der Waals surface area contributed by atoms with Crippen molar-refractivity contribution in [3.63, 3.8) is 0 Å². The van der Waals surface area contributed by atoms with Gasteiger partial charge in [-0.2, -0.15) is 0 Å². The molecule has 0 atom stereocenters. The molecule has 2 aromatic carbocycles. The summed E-state index contributed by atoms with van der Waals surface area (Å²) in [5, 5.41) is 3.15. The Balaban J connectivity index is 1.61. The van der Waals surface area contributed by atoms with Crippen molar-refractivity contribution in [2.45, 2.75) is 0 Å². The van der Waals surface area contributed by atoms with E-state index in [1.165, 1.54) is 0 Å². The van der Waals surface area contributed by atoms with Crippen LogP contribution in [-0.2, 0) is 11.8 Å². The molecule has 0 bridgehead atoms. The number of nitrogens with zero attached hydrogens (tertiary/aromatic N) is 3. The average molecular weight is 415 g/mol. The van der Waals surface area contributed by atoms with E-state index < -0.39 is 0 Å². The SMILES string of the molecule is Cn1c(=O)c(Nc2ccc(N3CCOCC3)cc2)nc2ccc(Br)cc21. The largest absolute Gasteiger partial charge is 0.378 e. The first-order chi connectivity index (χ1) is 12.6. The van der Waals surface area contributed by atoms with E-state index in [2.05, 4.69) is 43.3 Å². The van der Waals surface area contributed by atoms with E-state index in [0.29, 0.717) is 5.82 Å².